The Morgan fingerprint density at radius 3 is 2.11 bits per heavy atom. The molecule has 1 aromatic carbocycles. The first-order valence-corrected chi connectivity index (χ1v) is 7.96. The maximum Gasteiger partial charge on any atom is 0.119 e. The van der Waals surface area contributed by atoms with E-state index in [1.54, 1.807) is 11.8 Å². The van der Waals surface area contributed by atoms with Gasteiger partial charge in [-0.15, -0.1) is 11.8 Å². The van der Waals surface area contributed by atoms with E-state index in [1.807, 2.05) is 12.1 Å². The molecule has 0 bridgehead atoms. The number of nitrogens with one attached hydrogen (secondary N) is 1. The van der Waals surface area contributed by atoms with Crippen molar-refractivity contribution in [2.24, 2.45) is 5.41 Å². The average molecular weight is 281 g/mol. The summed E-state index contributed by atoms with van der Waals surface area (Å²) in [5.74, 6) is 0.946. The van der Waals surface area contributed by atoms with E-state index < -0.39 is 0 Å². The lowest BCUT2D eigenvalue weighted by Gasteiger charge is -2.30. The zero-order valence-electron chi connectivity index (χ0n) is 13.0. The van der Waals surface area contributed by atoms with Gasteiger partial charge in [0.15, 0.2) is 0 Å². The molecule has 0 spiro atoms. The molecule has 0 aliphatic heterocycles. The van der Waals surface area contributed by atoms with Crippen LogP contribution in [0.4, 0.5) is 0 Å². The topological polar surface area (TPSA) is 21.3 Å². The van der Waals surface area contributed by atoms with E-state index >= 15 is 0 Å². The highest BCUT2D eigenvalue weighted by Crippen LogP contribution is 2.22. The van der Waals surface area contributed by atoms with Crippen LogP contribution in [0.25, 0.3) is 0 Å². The van der Waals surface area contributed by atoms with E-state index in [1.165, 1.54) is 4.90 Å². The summed E-state index contributed by atoms with van der Waals surface area (Å²) in [6, 6.07) is 8.28. The summed E-state index contributed by atoms with van der Waals surface area (Å²) in [4.78, 5) is 1.26. The Balaban J connectivity index is 2.45. The fourth-order valence-electron chi connectivity index (χ4n) is 1.51. The molecule has 0 fully saturated rings. The first-order chi connectivity index (χ1) is 8.72. The van der Waals surface area contributed by atoms with Gasteiger partial charge in [0.05, 0.1) is 6.61 Å². The van der Waals surface area contributed by atoms with Gasteiger partial charge in [0, 0.05) is 22.4 Å². The minimum Gasteiger partial charge on any atom is -0.493 e. The van der Waals surface area contributed by atoms with Crippen LogP contribution >= 0.6 is 11.8 Å². The summed E-state index contributed by atoms with van der Waals surface area (Å²) in [7, 11) is 0. The lowest BCUT2D eigenvalue weighted by atomic mass is 9.93. The van der Waals surface area contributed by atoms with E-state index in [2.05, 4.69) is 58.3 Å². The van der Waals surface area contributed by atoms with Gasteiger partial charge in [0.25, 0.3) is 0 Å². The summed E-state index contributed by atoms with van der Waals surface area (Å²) in [5, 5.41) is 3.53. The van der Waals surface area contributed by atoms with E-state index in [0.717, 1.165) is 12.3 Å². The Morgan fingerprint density at radius 2 is 1.63 bits per heavy atom. The van der Waals surface area contributed by atoms with Crippen LogP contribution in [-0.2, 0) is 0 Å². The summed E-state index contributed by atoms with van der Waals surface area (Å²) in [5.41, 5.74) is 0.267. The molecule has 0 aliphatic rings. The third-order valence-electron chi connectivity index (χ3n) is 2.79. The van der Waals surface area contributed by atoms with Gasteiger partial charge in [0.2, 0.25) is 0 Å². The molecule has 0 amide bonds. The smallest absolute Gasteiger partial charge is 0.119 e. The van der Waals surface area contributed by atoms with Gasteiger partial charge in [-0.05, 0) is 51.3 Å². The minimum atomic E-state index is 0.117. The predicted octanol–water partition coefficient (Wildman–Crippen LogP) is 4.20. The van der Waals surface area contributed by atoms with Crippen molar-refractivity contribution < 1.29 is 4.74 Å². The number of rotatable bonds is 6. The van der Waals surface area contributed by atoms with Crippen LogP contribution in [0.1, 0.15) is 34.6 Å². The van der Waals surface area contributed by atoms with Crippen LogP contribution in [0, 0.1) is 5.41 Å². The molecule has 1 N–H and O–H groups in total. The normalized spacial score (nSPS) is 12.5. The molecule has 108 valence electrons. The average Bonchev–Trinajstić information content (AvgIpc) is 2.34. The van der Waals surface area contributed by atoms with Gasteiger partial charge in [-0.2, -0.15) is 0 Å². The molecular formula is C16H27NOS. The van der Waals surface area contributed by atoms with Crippen LogP contribution in [-0.4, -0.2) is 24.9 Å². The number of hydrogen-bond acceptors (Lipinski definition) is 3. The number of thioether (sulfide) groups is 1. The van der Waals surface area contributed by atoms with Crippen LogP contribution in [0.5, 0.6) is 5.75 Å². The molecular weight excluding hydrogens is 254 g/mol. The van der Waals surface area contributed by atoms with Gasteiger partial charge >= 0.3 is 0 Å². The third kappa shape index (κ3) is 6.88. The summed E-state index contributed by atoms with van der Waals surface area (Å²) >= 11 is 1.75. The lowest BCUT2D eigenvalue weighted by molar-refractivity contribution is 0.166. The van der Waals surface area contributed by atoms with Gasteiger partial charge in [-0.25, -0.2) is 0 Å². The Bertz CT molecular complexity index is 379. The highest BCUT2D eigenvalue weighted by atomic mass is 32.2. The molecule has 19 heavy (non-hydrogen) atoms. The van der Waals surface area contributed by atoms with Gasteiger partial charge < -0.3 is 10.1 Å². The van der Waals surface area contributed by atoms with Crippen LogP contribution in [0.2, 0.25) is 0 Å². The monoisotopic (exact) mass is 281 g/mol. The first kappa shape index (κ1) is 16.4. The molecule has 0 saturated carbocycles. The standard InChI is InChI=1S/C16H27NOS/c1-15(2,3)17-11-16(4,5)12-18-13-7-9-14(19-6)10-8-13/h7-10,17H,11-12H2,1-6H3. The maximum atomic E-state index is 5.89. The Kier molecular flexibility index (Phi) is 5.75. The molecule has 0 atom stereocenters. The van der Waals surface area contributed by atoms with Crippen molar-refractivity contribution in [3.05, 3.63) is 24.3 Å². The summed E-state index contributed by atoms with van der Waals surface area (Å²) in [6.45, 7) is 12.7. The van der Waals surface area contributed by atoms with Crippen molar-refractivity contribution in [3.8, 4) is 5.75 Å². The Hall–Kier alpha value is -0.670. The molecule has 0 radical (unpaired) electrons. The lowest BCUT2D eigenvalue weighted by Crippen LogP contribution is -2.43. The minimum absolute atomic E-state index is 0.117. The van der Waals surface area contributed by atoms with E-state index in [0.29, 0.717) is 6.61 Å². The highest BCUT2D eigenvalue weighted by molar-refractivity contribution is 7.98. The second kappa shape index (κ2) is 6.67. The number of ether oxygens (including phenoxy) is 1. The molecule has 1 aromatic rings. The predicted molar refractivity (Wildman–Crippen MR) is 85.3 cm³/mol. The molecule has 0 aromatic heterocycles. The van der Waals surface area contributed by atoms with E-state index in [-0.39, 0.29) is 11.0 Å². The van der Waals surface area contributed by atoms with E-state index in [4.69, 9.17) is 4.74 Å². The third-order valence-corrected chi connectivity index (χ3v) is 3.53. The zero-order chi connectivity index (χ0) is 14.5. The molecule has 0 saturated heterocycles. The highest BCUT2D eigenvalue weighted by Gasteiger charge is 2.21. The fraction of sp³-hybridized carbons (Fsp3) is 0.625. The Labute approximate surface area is 122 Å². The van der Waals surface area contributed by atoms with Crippen LogP contribution in [0.15, 0.2) is 29.2 Å². The van der Waals surface area contributed by atoms with Crippen molar-refractivity contribution in [2.45, 2.75) is 45.1 Å². The second-order valence-corrected chi connectivity index (χ2v) is 7.61. The quantitative estimate of drug-likeness (QED) is 0.790. The van der Waals surface area contributed by atoms with Crippen molar-refractivity contribution in [1.29, 1.82) is 0 Å². The Morgan fingerprint density at radius 1 is 1.05 bits per heavy atom. The van der Waals surface area contributed by atoms with Crippen molar-refractivity contribution in [3.63, 3.8) is 0 Å². The molecule has 3 heteroatoms. The van der Waals surface area contributed by atoms with Crippen molar-refractivity contribution in [2.75, 3.05) is 19.4 Å². The fourth-order valence-corrected chi connectivity index (χ4v) is 1.91. The zero-order valence-corrected chi connectivity index (χ0v) is 13.9. The largest absolute Gasteiger partial charge is 0.493 e. The SMILES string of the molecule is CSc1ccc(OCC(C)(C)CNC(C)(C)C)cc1. The molecule has 0 aliphatic carbocycles. The van der Waals surface area contributed by atoms with Crippen LogP contribution in [0.3, 0.4) is 0 Å². The first-order valence-electron chi connectivity index (χ1n) is 6.74. The van der Waals surface area contributed by atoms with Crippen molar-refractivity contribution >= 4 is 11.8 Å². The molecule has 0 heterocycles. The maximum absolute atomic E-state index is 5.89. The van der Waals surface area contributed by atoms with Crippen LogP contribution < -0.4 is 10.1 Å². The molecule has 0 unspecified atom stereocenters. The van der Waals surface area contributed by atoms with Gasteiger partial charge in [-0.3, -0.25) is 0 Å². The second-order valence-electron chi connectivity index (χ2n) is 6.73. The number of benzene rings is 1. The summed E-state index contributed by atoms with van der Waals surface area (Å²) in [6.07, 6.45) is 2.08. The van der Waals surface area contributed by atoms with Gasteiger partial charge in [0.1, 0.15) is 5.75 Å². The summed E-state index contributed by atoms with van der Waals surface area (Å²) < 4.78 is 5.89. The van der Waals surface area contributed by atoms with E-state index in [9.17, 15) is 0 Å². The number of hydrogen-bond donors (Lipinski definition) is 1. The van der Waals surface area contributed by atoms with Crippen molar-refractivity contribution in [1.82, 2.24) is 5.32 Å². The molecule has 1 rings (SSSR count). The van der Waals surface area contributed by atoms with Gasteiger partial charge in [-0.1, -0.05) is 13.8 Å². The molecule has 2 nitrogen and oxygen atoms in total.